The molecular formula is C23H23N3O3. The molecule has 1 aliphatic rings. The van der Waals surface area contributed by atoms with Crippen molar-refractivity contribution < 1.29 is 14.3 Å². The molecule has 29 heavy (non-hydrogen) atoms. The maximum atomic E-state index is 12.7. The lowest BCUT2D eigenvalue weighted by atomic mass is 10.2. The molecule has 0 aliphatic heterocycles. The normalized spacial score (nSPS) is 12.8. The summed E-state index contributed by atoms with van der Waals surface area (Å²) in [6.07, 6.45) is 6.18. The molecule has 0 radical (unpaired) electrons. The summed E-state index contributed by atoms with van der Waals surface area (Å²) in [6.45, 7) is 0. The molecule has 1 aliphatic carbocycles. The highest BCUT2D eigenvalue weighted by atomic mass is 16.5. The number of carbonyl (C=O) groups is 1. The van der Waals surface area contributed by atoms with Crippen LogP contribution in [0.3, 0.4) is 0 Å². The summed E-state index contributed by atoms with van der Waals surface area (Å²) in [4.78, 5) is 12.7. The van der Waals surface area contributed by atoms with Gasteiger partial charge in [-0.3, -0.25) is 4.79 Å². The van der Waals surface area contributed by atoms with Gasteiger partial charge in [0.1, 0.15) is 17.3 Å². The van der Waals surface area contributed by atoms with Crippen LogP contribution in [-0.2, 0) is 17.6 Å². The van der Waals surface area contributed by atoms with Crippen molar-refractivity contribution in [3.05, 3.63) is 71.4 Å². The Hall–Kier alpha value is -3.54. The SMILES string of the molecule is COc1cc(/C=C/C(=O)Nc2c3c(nn2-c2ccccc2)CCC3)cc(OC)c1. The van der Waals surface area contributed by atoms with E-state index in [0.29, 0.717) is 11.5 Å². The third kappa shape index (κ3) is 4.01. The van der Waals surface area contributed by atoms with Gasteiger partial charge in [-0.15, -0.1) is 0 Å². The number of methoxy groups -OCH3 is 2. The quantitative estimate of drug-likeness (QED) is 0.647. The highest BCUT2D eigenvalue weighted by Crippen LogP contribution is 2.31. The molecule has 0 atom stereocenters. The van der Waals surface area contributed by atoms with Gasteiger partial charge in [-0.25, -0.2) is 4.68 Å². The van der Waals surface area contributed by atoms with E-state index in [4.69, 9.17) is 14.6 Å². The molecule has 148 valence electrons. The van der Waals surface area contributed by atoms with Gasteiger partial charge in [-0.05, 0) is 55.2 Å². The lowest BCUT2D eigenvalue weighted by Gasteiger charge is -2.10. The molecule has 0 saturated heterocycles. The van der Waals surface area contributed by atoms with Crippen LogP contribution >= 0.6 is 0 Å². The first-order valence-electron chi connectivity index (χ1n) is 9.56. The van der Waals surface area contributed by atoms with E-state index in [0.717, 1.165) is 47.6 Å². The van der Waals surface area contributed by atoms with E-state index in [1.165, 1.54) is 6.08 Å². The number of anilines is 1. The van der Waals surface area contributed by atoms with Gasteiger partial charge in [0.2, 0.25) is 5.91 Å². The van der Waals surface area contributed by atoms with Crippen LogP contribution < -0.4 is 14.8 Å². The average molecular weight is 389 g/mol. The fraction of sp³-hybridized carbons (Fsp3) is 0.217. The van der Waals surface area contributed by atoms with E-state index in [1.807, 2.05) is 47.1 Å². The molecule has 0 fully saturated rings. The van der Waals surface area contributed by atoms with Crippen molar-refractivity contribution in [3.63, 3.8) is 0 Å². The molecule has 0 spiro atoms. The minimum Gasteiger partial charge on any atom is -0.497 e. The Morgan fingerprint density at radius 2 is 1.79 bits per heavy atom. The van der Waals surface area contributed by atoms with Crippen molar-refractivity contribution in [1.29, 1.82) is 0 Å². The number of aryl methyl sites for hydroxylation is 1. The molecule has 1 heterocycles. The Bertz CT molecular complexity index is 1030. The zero-order valence-corrected chi connectivity index (χ0v) is 16.5. The van der Waals surface area contributed by atoms with Crippen LogP contribution in [0.2, 0.25) is 0 Å². The largest absolute Gasteiger partial charge is 0.497 e. The second-order valence-electron chi connectivity index (χ2n) is 6.84. The van der Waals surface area contributed by atoms with Gasteiger partial charge in [-0.2, -0.15) is 5.10 Å². The standard InChI is InChI=1S/C23H23N3O3/c1-28-18-13-16(14-19(15-18)29-2)11-12-22(27)24-23-20-9-6-10-21(20)25-26(23)17-7-4-3-5-8-17/h3-5,7-8,11-15H,6,9-10H2,1-2H3,(H,24,27)/b12-11+. The number of carbonyl (C=O) groups excluding carboxylic acids is 1. The second kappa shape index (κ2) is 8.22. The number of ether oxygens (including phenoxy) is 2. The lowest BCUT2D eigenvalue weighted by molar-refractivity contribution is -0.111. The maximum absolute atomic E-state index is 12.7. The topological polar surface area (TPSA) is 65.4 Å². The molecule has 0 saturated carbocycles. The molecule has 1 N–H and O–H groups in total. The average Bonchev–Trinajstić information content (AvgIpc) is 3.35. The molecule has 0 bridgehead atoms. The van der Waals surface area contributed by atoms with Crippen LogP contribution in [0.4, 0.5) is 5.82 Å². The summed E-state index contributed by atoms with van der Waals surface area (Å²) < 4.78 is 12.4. The molecular weight excluding hydrogens is 366 g/mol. The number of fused-ring (bicyclic) bond motifs is 1. The predicted molar refractivity (Wildman–Crippen MR) is 113 cm³/mol. The van der Waals surface area contributed by atoms with Crippen molar-refractivity contribution in [3.8, 4) is 17.2 Å². The van der Waals surface area contributed by atoms with Crippen molar-refractivity contribution in [2.75, 3.05) is 19.5 Å². The smallest absolute Gasteiger partial charge is 0.249 e. The molecule has 3 aromatic rings. The summed E-state index contributed by atoms with van der Waals surface area (Å²) in [5, 5.41) is 7.75. The summed E-state index contributed by atoms with van der Waals surface area (Å²) >= 11 is 0. The van der Waals surface area contributed by atoms with Gasteiger partial charge in [0.15, 0.2) is 0 Å². The van der Waals surface area contributed by atoms with E-state index in [1.54, 1.807) is 26.4 Å². The second-order valence-corrected chi connectivity index (χ2v) is 6.84. The zero-order chi connectivity index (χ0) is 20.2. The van der Waals surface area contributed by atoms with Crippen molar-refractivity contribution in [2.45, 2.75) is 19.3 Å². The molecule has 2 aromatic carbocycles. The van der Waals surface area contributed by atoms with E-state index in [-0.39, 0.29) is 5.91 Å². The first-order valence-corrected chi connectivity index (χ1v) is 9.56. The van der Waals surface area contributed by atoms with Gasteiger partial charge < -0.3 is 14.8 Å². The summed E-state index contributed by atoms with van der Waals surface area (Å²) in [5.41, 5.74) is 3.93. The number of hydrogen-bond acceptors (Lipinski definition) is 4. The van der Waals surface area contributed by atoms with E-state index >= 15 is 0 Å². The highest BCUT2D eigenvalue weighted by molar-refractivity contribution is 6.02. The number of aromatic nitrogens is 2. The summed E-state index contributed by atoms with van der Waals surface area (Å²) in [6, 6.07) is 15.3. The third-order valence-electron chi connectivity index (χ3n) is 4.95. The Morgan fingerprint density at radius 3 is 2.48 bits per heavy atom. The first-order chi connectivity index (χ1) is 14.2. The van der Waals surface area contributed by atoms with Crippen LogP contribution in [0.25, 0.3) is 11.8 Å². The van der Waals surface area contributed by atoms with Crippen molar-refractivity contribution in [1.82, 2.24) is 9.78 Å². The molecule has 6 heteroatoms. The lowest BCUT2D eigenvalue weighted by Crippen LogP contribution is -2.13. The van der Waals surface area contributed by atoms with E-state index in [2.05, 4.69) is 5.32 Å². The predicted octanol–water partition coefficient (Wildman–Crippen LogP) is 4.03. The van der Waals surface area contributed by atoms with Gasteiger partial charge in [0, 0.05) is 17.7 Å². The molecule has 6 nitrogen and oxygen atoms in total. The van der Waals surface area contributed by atoms with E-state index < -0.39 is 0 Å². The number of rotatable bonds is 6. The van der Waals surface area contributed by atoms with Gasteiger partial charge in [0.25, 0.3) is 0 Å². The van der Waals surface area contributed by atoms with Crippen LogP contribution in [0.5, 0.6) is 11.5 Å². The Kier molecular flexibility index (Phi) is 5.33. The number of benzene rings is 2. The van der Waals surface area contributed by atoms with Crippen LogP contribution in [0.1, 0.15) is 23.2 Å². The molecule has 0 unspecified atom stereocenters. The third-order valence-corrected chi connectivity index (χ3v) is 4.95. The number of nitrogens with one attached hydrogen (secondary N) is 1. The first kappa shape index (κ1) is 18.8. The summed E-state index contributed by atoms with van der Waals surface area (Å²) in [7, 11) is 3.20. The van der Waals surface area contributed by atoms with E-state index in [9.17, 15) is 4.79 Å². The fourth-order valence-electron chi connectivity index (χ4n) is 3.53. The fourth-order valence-corrected chi connectivity index (χ4v) is 3.53. The minimum absolute atomic E-state index is 0.210. The molecule has 4 rings (SSSR count). The van der Waals surface area contributed by atoms with Crippen molar-refractivity contribution >= 4 is 17.8 Å². The van der Waals surface area contributed by atoms with Gasteiger partial charge >= 0.3 is 0 Å². The Labute approximate surface area is 169 Å². The minimum atomic E-state index is -0.210. The number of amides is 1. The number of hydrogen-bond donors (Lipinski definition) is 1. The van der Waals surface area contributed by atoms with Crippen molar-refractivity contribution in [2.24, 2.45) is 0 Å². The number of nitrogens with zero attached hydrogens (tertiary/aromatic N) is 2. The Balaban J connectivity index is 1.59. The molecule has 1 aromatic heterocycles. The van der Waals surface area contributed by atoms with Gasteiger partial charge in [0.05, 0.1) is 25.6 Å². The van der Waals surface area contributed by atoms with Crippen LogP contribution in [-0.4, -0.2) is 29.9 Å². The zero-order valence-electron chi connectivity index (χ0n) is 16.5. The van der Waals surface area contributed by atoms with Crippen LogP contribution in [0.15, 0.2) is 54.6 Å². The maximum Gasteiger partial charge on any atom is 0.249 e. The summed E-state index contributed by atoms with van der Waals surface area (Å²) in [5.74, 6) is 1.88. The van der Waals surface area contributed by atoms with Crippen LogP contribution in [0, 0.1) is 0 Å². The van der Waals surface area contributed by atoms with Gasteiger partial charge in [-0.1, -0.05) is 18.2 Å². The monoisotopic (exact) mass is 389 g/mol. The number of para-hydroxylation sites is 1. The molecule has 1 amide bonds. The highest BCUT2D eigenvalue weighted by Gasteiger charge is 2.23. The Morgan fingerprint density at radius 1 is 1.07 bits per heavy atom.